The fourth-order valence-electron chi connectivity index (χ4n) is 1.01. The summed E-state index contributed by atoms with van der Waals surface area (Å²) in [4.78, 5) is 63.6. The summed E-state index contributed by atoms with van der Waals surface area (Å²) < 4.78 is 9.02. The Kier molecular flexibility index (Phi) is 4.98. The predicted octanol–water partition coefficient (Wildman–Crippen LogP) is -0.967. The standard InChI is InChI=1S/C12H6O8/c13-5-9(15)11(17)19-7-2-1-3-8(4-7)20-12(18)10(16)6-14/h1-6H. The Hall–Kier alpha value is -3.16. The molecule has 1 aromatic rings. The number of hydrogen-bond acceptors (Lipinski definition) is 8. The molecule has 1 aromatic carbocycles. The number of carbonyl (C=O) groups excluding carboxylic acids is 6. The van der Waals surface area contributed by atoms with Gasteiger partial charge in [-0.3, -0.25) is 19.2 Å². The van der Waals surface area contributed by atoms with Gasteiger partial charge in [-0.2, -0.15) is 0 Å². The van der Waals surface area contributed by atoms with Crippen LogP contribution in [0.1, 0.15) is 0 Å². The quantitative estimate of drug-likeness (QED) is 0.214. The Balaban J connectivity index is 2.81. The van der Waals surface area contributed by atoms with E-state index < -0.39 is 23.5 Å². The van der Waals surface area contributed by atoms with Gasteiger partial charge in [0.15, 0.2) is 12.6 Å². The number of Topliss-reactive ketones (excluding diaryl/α,β-unsaturated/α-hetero) is 2. The van der Waals surface area contributed by atoms with Gasteiger partial charge in [-0.05, 0) is 12.1 Å². The molecule has 0 aliphatic heterocycles. The molecule has 0 bridgehead atoms. The van der Waals surface area contributed by atoms with Crippen molar-refractivity contribution in [3.8, 4) is 11.5 Å². The van der Waals surface area contributed by atoms with Crippen LogP contribution in [0, 0.1) is 0 Å². The van der Waals surface area contributed by atoms with Gasteiger partial charge in [0, 0.05) is 6.07 Å². The van der Waals surface area contributed by atoms with Crippen LogP contribution < -0.4 is 9.47 Å². The number of hydrogen-bond donors (Lipinski definition) is 0. The van der Waals surface area contributed by atoms with Crippen molar-refractivity contribution < 1.29 is 38.2 Å². The summed E-state index contributed by atoms with van der Waals surface area (Å²) in [5.41, 5.74) is 0. The molecule has 0 saturated heterocycles. The summed E-state index contributed by atoms with van der Waals surface area (Å²) in [5.74, 6) is -5.96. The lowest BCUT2D eigenvalue weighted by Crippen LogP contribution is -2.22. The maximum Gasteiger partial charge on any atom is 0.387 e. The van der Waals surface area contributed by atoms with Crippen LogP contribution in [0.3, 0.4) is 0 Å². The largest absolute Gasteiger partial charge is 0.420 e. The lowest BCUT2D eigenvalue weighted by molar-refractivity contribution is -0.148. The third-order valence-corrected chi connectivity index (χ3v) is 1.84. The second-order valence-electron chi connectivity index (χ2n) is 3.22. The van der Waals surface area contributed by atoms with Crippen LogP contribution in [-0.2, 0) is 28.8 Å². The minimum atomic E-state index is -1.41. The molecule has 0 aliphatic carbocycles. The number of carbonyl (C=O) groups is 6. The molecular weight excluding hydrogens is 272 g/mol. The molecule has 0 fully saturated rings. The van der Waals surface area contributed by atoms with E-state index in [9.17, 15) is 28.8 Å². The normalized spacial score (nSPS) is 9.20. The van der Waals surface area contributed by atoms with Crippen molar-refractivity contribution in [3.05, 3.63) is 24.3 Å². The molecule has 0 aromatic heterocycles. The summed E-state index contributed by atoms with van der Waals surface area (Å²) in [7, 11) is 0. The highest BCUT2D eigenvalue weighted by molar-refractivity contribution is 6.56. The molecule has 0 N–H and O–H groups in total. The van der Waals surface area contributed by atoms with E-state index in [0.717, 1.165) is 6.07 Å². The Bertz CT molecular complexity index is 552. The first-order chi connectivity index (χ1) is 9.47. The first kappa shape index (κ1) is 14.9. The molecule has 0 atom stereocenters. The van der Waals surface area contributed by atoms with Crippen LogP contribution in [0.5, 0.6) is 11.5 Å². The molecule has 0 spiro atoms. The molecule has 0 unspecified atom stereocenters. The van der Waals surface area contributed by atoms with E-state index in [4.69, 9.17) is 0 Å². The molecule has 0 aliphatic rings. The summed E-state index contributed by atoms with van der Waals surface area (Å²) >= 11 is 0. The number of aldehydes is 2. The fourth-order valence-corrected chi connectivity index (χ4v) is 1.01. The van der Waals surface area contributed by atoms with Crippen LogP contribution in [0.2, 0.25) is 0 Å². The smallest absolute Gasteiger partial charge is 0.387 e. The van der Waals surface area contributed by atoms with Crippen molar-refractivity contribution >= 4 is 36.1 Å². The van der Waals surface area contributed by atoms with Gasteiger partial charge in [0.1, 0.15) is 11.5 Å². The maximum absolute atomic E-state index is 11.0. The first-order valence-electron chi connectivity index (χ1n) is 5.00. The van der Waals surface area contributed by atoms with Crippen molar-refractivity contribution in [3.63, 3.8) is 0 Å². The topological polar surface area (TPSA) is 121 Å². The Labute approximate surface area is 111 Å². The average molecular weight is 278 g/mol. The fraction of sp³-hybridized carbons (Fsp3) is 0. The third-order valence-electron chi connectivity index (χ3n) is 1.84. The van der Waals surface area contributed by atoms with E-state index in [1.54, 1.807) is 0 Å². The molecule has 102 valence electrons. The molecule has 8 heteroatoms. The SMILES string of the molecule is O=CC(=O)C(=O)Oc1cccc(OC(=O)C(=O)C=O)c1. The number of ketones is 2. The van der Waals surface area contributed by atoms with Crippen molar-refractivity contribution in [1.82, 2.24) is 0 Å². The molecule has 20 heavy (non-hydrogen) atoms. The van der Waals surface area contributed by atoms with Gasteiger partial charge in [0.2, 0.25) is 0 Å². The van der Waals surface area contributed by atoms with Crippen molar-refractivity contribution in [2.75, 3.05) is 0 Å². The zero-order chi connectivity index (χ0) is 15.1. The Morgan fingerprint density at radius 3 is 1.55 bits per heavy atom. The molecule has 1 rings (SSSR count). The molecule has 0 saturated carbocycles. The summed E-state index contributed by atoms with van der Waals surface area (Å²) in [6, 6.07) is 4.80. The van der Waals surface area contributed by atoms with Crippen molar-refractivity contribution in [2.45, 2.75) is 0 Å². The molecule has 0 radical (unpaired) electrons. The third kappa shape index (κ3) is 3.95. The van der Waals surface area contributed by atoms with Gasteiger partial charge in [-0.15, -0.1) is 0 Å². The monoisotopic (exact) mass is 278 g/mol. The van der Waals surface area contributed by atoms with Gasteiger partial charge in [-0.1, -0.05) is 6.07 Å². The molecule has 0 amide bonds. The van der Waals surface area contributed by atoms with Gasteiger partial charge in [-0.25, -0.2) is 9.59 Å². The number of benzene rings is 1. The molecule has 0 heterocycles. The zero-order valence-corrected chi connectivity index (χ0v) is 9.73. The second kappa shape index (κ2) is 6.69. The Morgan fingerprint density at radius 1 is 0.800 bits per heavy atom. The van der Waals surface area contributed by atoms with E-state index in [0.29, 0.717) is 0 Å². The van der Waals surface area contributed by atoms with Crippen LogP contribution in [0.25, 0.3) is 0 Å². The van der Waals surface area contributed by atoms with Crippen molar-refractivity contribution in [1.29, 1.82) is 0 Å². The number of rotatable bonds is 6. The minimum absolute atomic E-state index is 0.186. The summed E-state index contributed by atoms with van der Waals surface area (Å²) in [6.07, 6.45) is -0.427. The Morgan fingerprint density at radius 2 is 1.20 bits per heavy atom. The van der Waals surface area contributed by atoms with E-state index >= 15 is 0 Å². The average Bonchev–Trinajstić information content (AvgIpc) is 2.45. The van der Waals surface area contributed by atoms with Gasteiger partial charge in [0.05, 0.1) is 0 Å². The van der Waals surface area contributed by atoms with Gasteiger partial charge in [0.25, 0.3) is 0 Å². The second-order valence-corrected chi connectivity index (χ2v) is 3.22. The zero-order valence-electron chi connectivity index (χ0n) is 9.73. The lowest BCUT2D eigenvalue weighted by atomic mass is 10.3. The van der Waals surface area contributed by atoms with Crippen LogP contribution >= 0.6 is 0 Å². The van der Waals surface area contributed by atoms with Crippen LogP contribution in [0.4, 0.5) is 0 Å². The molecule has 8 nitrogen and oxygen atoms in total. The van der Waals surface area contributed by atoms with E-state index in [-0.39, 0.29) is 24.1 Å². The highest BCUT2D eigenvalue weighted by atomic mass is 16.6. The summed E-state index contributed by atoms with van der Waals surface area (Å²) in [6.45, 7) is 0. The predicted molar refractivity (Wildman–Crippen MR) is 59.9 cm³/mol. The van der Waals surface area contributed by atoms with Gasteiger partial charge < -0.3 is 9.47 Å². The maximum atomic E-state index is 11.0. The van der Waals surface area contributed by atoms with E-state index in [1.807, 2.05) is 0 Å². The highest BCUT2D eigenvalue weighted by Crippen LogP contribution is 2.19. The lowest BCUT2D eigenvalue weighted by Gasteiger charge is -2.04. The highest BCUT2D eigenvalue weighted by Gasteiger charge is 2.17. The van der Waals surface area contributed by atoms with Gasteiger partial charge >= 0.3 is 23.5 Å². The summed E-state index contributed by atoms with van der Waals surface area (Å²) in [5, 5.41) is 0. The molecular formula is C12H6O8. The van der Waals surface area contributed by atoms with Crippen molar-refractivity contribution in [2.24, 2.45) is 0 Å². The minimum Gasteiger partial charge on any atom is -0.420 e. The number of esters is 2. The van der Waals surface area contributed by atoms with Crippen LogP contribution in [0.15, 0.2) is 24.3 Å². The van der Waals surface area contributed by atoms with Crippen LogP contribution in [-0.4, -0.2) is 36.1 Å². The first-order valence-corrected chi connectivity index (χ1v) is 5.00. The van der Waals surface area contributed by atoms with E-state index in [2.05, 4.69) is 9.47 Å². The van der Waals surface area contributed by atoms with E-state index in [1.165, 1.54) is 18.2 Å². The number of ether oxygens (including phenoxy) is 2.